The fourth-order valence-electron chi connectivity index (χ4n) is 4.05. The van der Waals surface area contributed by atoms with Gasteiger partial charge in [-0.05, 0) is 36.5 Å². The van der Waals surface area contributed by atoms with E-state index in [2.05, 4.69) is 50.3 Å². The van der Waals surface area contributed by atoms with E-state index < -0.39 is 0 Å². The largest absolute Gasteiger partial charge is 0.208 e. The molecule has 3 nitrogen and oxygen atoms in total. The third kappa shape index (κ3) is 4.28. The van der Waals surface area contributed by atoms with Crippen molar-refractivity contribution in [3.8, 4) is 22.8 Å². The summed E-state index contributed by atoms with van der Waals surface area (Å²) in [5.74, 6) is 2.51. The molecule has 0 amide bonds. The van der Waals surface area contributed by atoms with Crippen molar-refractivity contribution in [1.82, 2.24) is 15.0 Å². The highest BCUT2D eigenvalue weighted by Crippen LogP contribution is 2.34. The SMILES string of the molecule is Cc1ccc(C2=CC(c3nc(-c4ccccc4)nc(-c4ccccc4)n3)=CC(C)C2)cc1. The van der Waals surface area contributed by atoms with Crippen LogP contribution in [-0.4, -0.2) is 15.0 Å². The van der Waals surface area contributed by atoms with Gasteiger partial charge in [0.1, 0.15) is 0 Å². The zero-order chi connectivity index (χ0) is 21.9. The van der Waals surface area contributed by atoms with Crippen LogP contribution in [0.3, 0.4) is 0 Å². The van der Waals surface area contributed by atoms with E-state index >= 15 is 0 Å². The first-order chi connectivity index (χ1) is 15.7. The van der Waals surface area contributed by atoms with E-state index in [0.717, 1.165) is 23.1 Å². The van der Waals surface area contributed by atoms with Crippen LogP contribution < -0.4 is 0 Å². The fraction of sp³-hybridized carbons (Fsp3) is 0.138. The Bertz CT molecular complexity index is 1230. The maximum absolute atomic E-state index is 4.89. The highest BCUT2D eigenvalue weighted by Gasteiger charge is 2.18. The summed E-state index contributed by atoms with van der Waals surface area (Å²) in [6.45, 7) is 4.37. The molecule has 1 atom stereocenters. The van der Waals surface area contributed by atoms with Crippen LogP contribution in [0.25, 0.3) is 33.9 Å². The standard InChI is InChI=1S/C29H25N3/c1-20-13-15-22(16-14-20)25-17-21(2)18-26(19-25)29-31-27(23-9-5-3-6-10-23)30-28(32-29)24-11-7-4-8-12-24/h3-16,18-19,21H,17H2,1-2H3. The number of hydrogen-bond donors (Lipinski definition) is 0. The van der Waals surface area contributed by atoms with Crippen molar-refractivity contribution in [1.29, 1.82) is 0 Å². The Morgan fingerprint density at radius 3 is 1.72 bits per heavy atom. The summed E-state index contributed by atoms with van der Waals surface area (Å²) in [4.78, 5) is 14.6. The molecule has 1 heterocycles. The van der Waals surface area contributed by atoms with Gasteiger partial charge in [0.2, 0.25) is 0 Å². The lowest BCUT2D eigenvalue weighted by molar-refractivity contribution is 0.750. The van der Waals surface area contributed by atoms with Crippen molar-refractivity contribution >= 4 is 11.1 Å². The molecule has 1 aromatic heterocycles. The second-order valence-electron chi connectivity index (χ2n) is 8.38. The molecule has 0 aliphatic heterocycles. The molecule has 0 N–H and O–H groups in total. The monoisotopic (exact) mass is 415 g/mol. The quantitative estimate of drug-likeness (QED) is 0.359. The minimum atomic E-state index is 0.406. The highest BCUT2D eigenvalue weighted by molar-refractivity contribution is 5.84. The van der Waals surface area contributed by atoms with Crippen LogP contribution in [0.4, 0.5) is 0 Å². The third-order valence-corrected chi connectivity index (χ3v) is 5.72. The molecule has 0 fully saturated rings. The molecule has 3 aromatic carbocycles. The third-order valence-electron chi connectivity index (χ3n) is 5.72. The predicted molar refractivity (Wildman–Crippen MR) is 132 cm³/mol. The van der Waals surface area contributed by atoms with Crippen LogP contribution in [0.15, 0.2) is 97.1 Å². The lowest BCUT2D eigenvalue weighted by Gasteiger charge is -2.19. The maximum Gasteiger partial charge on any atom is 0.164 e. The van der Waals surface area contributed by atoms with Crippen LogP contribution in [0, 0.1) is 12.8 Å². The first kappa shape index (κ1) is 20.1. The minimum absolute atomic E-state index is 0.406. The summed E-state index contributed by atoms with van der Waals surface area (Å²) in [6, 6.07) is 29.0. The van der Waals surface area contributed by atoms with Crippen molar-refractivity contribution in [2.24, 2.45) is 5.92 Å². The van der Waals surface area contributed by atoms with Gasteiger partial charge < -0.3 is 0 Å². The zero-order valence-electron chi connectivity index (χ0n) is 18.4. The molecule has 32 heavy (non-hydrogen) atoms. The van der Waals surface area contributed by atoms with Gasteiger partial charge in [-0.25, -0.2) is 15.0 Å². The van der Waals surface area contributed by atoms with E-state index in [0.29, 0.717) is 23.4 Å². The van der Waals surface area contributed by atoms with Gasteiger partial charge in [-0.15, -0.1) is 0 Å². The van der Waals surface area contributed by atoms with E-state index in [-0.39, 0.29) is 0 Å². The van der Waals surface area contributed by atoms with Crippen LogP contribution >= 0.6 is 0 Å². The second kappa shape index (κ2) is 8.72. The molecule has 156 valence electrons. The molecule has 0 bridgehead atoms. The summed E-state index contributed by atoms with van der Waals surface area (Å²) in [7, 11) is 0. The Hall–Kier alpha value is -3.85. The van der Waals surface area contributed by atoms with Crippen molar-refractivity contribution in [2.75, 3.05) is 0 Å². The molecule has 0 saturated carbocycles. The van der Waals surface area contributed by atoms with Gasteiger partial charge in [-0.2, -0.15) is 0 Å². The smallest absolute Gasteiger partial charge is 0.164 e. The van der Waals surface area contributed by atoms with Crippen LogP contribution in [0.1, 0.15) is 30.3 Å². The maximum atomic E-state index is 4.89. The Morgan fingerprint density at radius 1 is 0.625 bits per heavy atom. The van der Waals surface area contributed by atoms with Gasteiger partial charge in [0.15, 0.2) is 17.5 Å². The van der Waals surface area contributed by atoms with Gasteiger partial charge in [-0.1, -0.05) is 103 Å². The number of aryl methyl sites for hydroxylation is 1. The average molecular weight is 416 g/mol. The summed E-state index contributed by atoms with van der Waals surface area (Å²) in [5, 5.41) is 0. The van der Waals surface area contributed by atoms with Gasteiger partial charge in [0.25, 0.3) is 0 Å². The van der Waals surface area contributed by atoms with Crippen LogP contribution in [-0.2, 0) is 0 Å². The summed E-state index contributed by atoms with van der Waals surface area (Å²) >= 11 is 0. The van der Waals surface area contributed by atoms with Gasteiger partial charge in [0, 0.05) is 16.7 Å². The Kier molecular flexibility index (Phi) is 5.47. The fourth-order valence-corrected chi connectivity index (χ4v) is 4.05. The number of hydrogen-bond acceptors (Lipinski definition) is 3. The summed E-state index contributed by atoms with van der Waals surface area (Å²) in [5.41, 5.74) is 6.87. The summed E-state index contributed by atoms with van der Waals surface area (Å²) in [6.07, 6.45) is 5.52. The van der Waals surface area contributed by atoms with E-state index in [1.54, 1.807) is 0 Å². The molecule has 4 aromatic rings. The highest BCUT2D eigenvalue weighted by atomic mass is 15.0. The molecule has 1 unspecified atom stereocenters. The molecule has 3 heteroatoms. The molecular weight excluding hydrogens is 390 g/mol. The number of rotatable bonds is 4. The lowest BCUT2D eigenvalue weighted by atomic mass is 9.87. The Labute approximate surface area is 189 Å². The van der Waals surface area contributed by atoms with E-state index in [1.807, 2.05) is 60.7 Å². The summed E-state index contributed by atoms with van der Waals surface area (Å²) < 4.78 is 0. The Balaban J connectivity index is 1.64. The van der Waals surface area contributed by atoms with E-state index in [4.69, 9.17) is 15.0 Å². The molecule has 0 saturated heterocycles. The zero-order valence-corrected chi connectivity index (χ0v) is 18.4. The van der Waals surface area contributed by atoms with Crippen molar-refractivity contribution < 1.29 is 0 Å². The second-order valence-corrected chi connectivity index (χ2v) is 8.38. The molecule has 1 aliphatic rings. The van der Waals surface area contributed by atoms with E-state index in [9.17, 15) is 0 Å². The number of aromatic nitrogens is 3. The molecule has 5 rings (SSSR count). The van der Waals surface area contributed by atoms with Crippen molar-refractivity contribution in [3.05, 3.63) is 114 Å². The van der Waals surface area contributed by atoms with Gasteiger partial charge in [0.05, 0.1) is 0 Å². The normalized spacial score (nSPS) is 15.8. The molecule has 0 spiro atoms. The Morgan fingerprint density at radius 2 is 1.16 bits per heavy atom. The van der Waals surface area contributed by atoms with Crippen LogP contribution in [0.5, 0.6) is 0 Å². The number of nitrogens with zero attached hydrogens (tertiary/aromatic N) is 3. The van der Waals surface area contributed by atoms with Gasteiger partial charge in [-0.3, -0.25) is 0 Å². The average Bonchev–Trinajstić information content (AvgIpc) is 2.85. The first-order valence-electron chi connectivity index (χ1n) is 11.0. The molecule has 0 radical (unpaired) electrons. The first-order valence-corrected chi connectivity index (χ1v) is 11.0. The van der Waals surface area contributed by atoms with Crippen molar-refractivity contribution in [2.45, 2.75) is 20.3 Å². The van der Waals surface area contributed by atoms with Crippen LogP contribution in [0.2, 0.25) is 0 Å². The molecule has 1 aliphatic carbocycles. The number of allylic oxidation sites excluding steroid dienone is 4. The minimum Gasteiger partial charge on any atom is -0.208 e. The number of benzene rings is 3. The topological polar surface area (TPSA) is 38.7 Å². The predicted octanol–water partition coefficient (Wildman–Crippen LogP) is 7.02. The lowest BCUT2D eigenvalue weighted by Crippen LogP contribution is -2.06. The van der Waals surface area contributed by atoms with Gasteiger partial charge >= 0.3 is 0 Å². The van der Waals surface area contributed by atoms with Crippen molar-refractivity contribution in [3.63, 3.8) is 0 Å². The molecular formula is C29H25N3. The van der Waals surface area contributed by atoms with E-state index in [1.165, 1.54) is 16.7 Å².